The lowest BCUT2D eigenvalue weighted by Crippen LogP contribution is -2.30. The first-order valence-corrected chi connectivity index (χ1v) is 4.84. The van der Waals surface area contributed by atoms with Gasteiger partial charge in [-0.15, -0.1) is 0 Å². The number of hydrogen-bond acceptors (Lipinski definition) is 2. The minimum absolute atomic E-state index is 0.775. The standard InChI is InChI=1S/C12H18O2/c1-7(2)9-5-6-10(13)12(14)11(9)8(3)4/h5-6,10,12-14H,1-4H3/t10-,12+/m1/s1. The van der Waals surface area contributed by atoms with Gasteiger partial charge in [0, 0.05) is 0 Å². The van der Waals surface area contributed by atoms with E-state index < -0.39 is 12.2 Å². The van der Waals surface area contributed by atoms with Crippen molar-refractivity contribution in [3.8, 4) is 0 Å². The van der Waals surface area contributed by atoms with E-state index in [4.69, 9.17) is 0 Å². The fraction of sp³-hybridized carbons (Fsp3) is 0.500. The lowest BCUT2D eigenvalue weighted by molar-refractivity contribution is 0.0716. The van der Waals surface area contributed by atoms with E-state index in [1.807, 2.05) is 33.8 Å². The second-order valence-electron chi connectivity index (χ2n) is 4.12. The van der Waals surface area contributed by atoms with Crippen LogP contribution in [0.5, 0.6) is 0 Å². The number of allylic oxidation sites excluding steroid dienone is 3. The van der Waals surface area contributed by atoms with Gasteiger partial charge in [-0.25, -0.2) is 0 Å². The highest BCUT2D eigenvalue weighted by molar-refractivity contribution is 5.50. The Morgan fingerprint density at radius 3 is 2.07 bits per heavy atom. The fourth-order valence-electron chi connectivity index (χ4n) is 1.72. The smallest absolute Gasteiger partial charge is 0.109 e. The molecule has 0 aromatic heterocycles. The molecule has 2 heteroatoms. The van der Waals surface area contributed by atoms with Crippen molar-refractivity contribution in [1.29, 1.82) is 0 Å². The average Bonchev–Trinajstić information content (AvgIpc) is 2.08. The average molecular weight is 194 g/mol. The third kappa shape index (κ3) is 1.97. The minimum Gasteiger partial charge on any atom is -0.386 e. The predicted octanol–water partition coefficient (Wildman–Crippen LogP) is 1.95. The summed E-state index contributed by atoms with van der Waals surface area (Å²) >= 11 is 0. The number of aliphatic hydroxyl groups excluding tert-OH is 2. The van der Waals surface area contributed by atoms with Crippen molar-refractivity contribution in [2.75, 3.05) is 0 Å². The van der Waals surface area contributed by atoms with Gasteiger partial charge in [0.1, 0.15) is 12.2 Å². The Hall–Kier alpha value is -0.860. The lowest BCUT2D eigenvalue weighted by atomic mass is 9.86. The van der Waals surface area contributed by atoms with E-state index in [0.29, 0.717) is 0 Å². The molecule has 1 aliphatic rings. The molecule has 1 rings (SSSR count). The molecule has 2 atom stereocenters. The van der Waals surface area contributed by atoms with E-state index in [0.717, 1.165) is 22.3 Å². The van der Waals surface area contributed by atoms with Gasteiger partial charge in [-0.05, 0) is 38.8 Å². The first-order chi connectivity index (χ1) is 6.45. The summed E-state index contributed by atoms with van der Waals surface area (Å²) in [4.78, 5) is 0. The van der Waals surface area contributed by atoms with E-state index in [2.05, 4.69) is 0 Å². The van der Waals surface area contributed by atoms with Gasteiger partial charge < -0.3 is 10.2 Å². The van der Waals surface area contributed by atoms with Gasteiger partial charge in [0.05, 0.1) is 0 Å². The molecule has 14 heavy (non-hydrogen) atoms. The second kappa shape index (κ2) is 4.11. The van der Waals surface area contributed by atoms with Crippen molar-refractivity contribution in [1.82, 2.24) is 0 Å². The van der Waals surface area contributed by atoms with Crippen LogP contribution in [0.4, 0.5) is 0 Å². The van der Waals surface area contributed by atoms with Crippen LogP contribution in [0.15, 0.2) is 34.4 Å². The summed E-state index contributed by atoms with van der Waals surface area (Å²) in [5.41, 5.74) is 4.11. The van der Waals surface area contributed by atoms with Crippen LogP contribution in [0.1, 0.15) is 27.7 Å². The summed E-state index contributed by atoms with van der Waals surface area (Å²) in [7, 11) is 0. The highest BCUT2D eigenvalue weighted by Gasteiger charge is 2.25. The summed E-state index contributed by atoms with van der Waals surface area (Å²) in [6.45, 7) is 7.92. The molecule has 0 radical (unpaired) electrons. The van der Waals surface area contributed by atoms with E-state index in [1.54, 1.807) is 6.08 Å². The molecule has 0 spiro atoms. The molecule has 78 valence electrons. The molecule has 0 saturated heterocycles. The maximum absolute atomic E-state index is 9.83. The van der Waals surface area contributed by atoms with Crippen molar-refractivity contribution >= 4 is 0 Å². The van der Waals surface area contributed by atoms with Crippen molar-refractivity contribution in [2.45, 2.75) is 39.9 Å². The van der Waals surface area contributed by atoms with Crippen LogP contribution >= 0.6 is 0 Å². The van der Waals surface area contributed by atoms with Gasteiger partial charge in [-0.2, -0.15) is 0 Å². The van der Waals surface area contributed by atoms with Crippen LogP contribution in [-0.4, -0.2) is 22.4 Å². The summed E-state index contributed by atoms with van der Waals surface area (Å²) in [5.74, 6) is 0. The molecule has 0 aliphatic heterocycles. The highest BCUT2D eigenvalue weighted by atomic mass is 16.3. The zero-order valence-electron chi connectivity index (χ0n) is 9.20. The van der Waals surface area contributed by atoms with E-state index in [-0.39, 0.29) is 0 Å². The van der Waals surface area contributed by atoms with Crippen LogP contribution in [0, 0.1) is 0 Å². The van der Waals surface area contributed by atoms with Crippen LogP contribution in [0.2, 0.25) is 0 Å². The molecule has 0 saturated carbocycles. The van der Waals surface area contributed by atoms with Crippen LogP contribution < -0.4 is 0 Å². The Kier molecular flexibility index (Phi) is 3.29. The molecule has 0 aromatic rings. The third-order valence-electron chi connectivity index (χ3n) is 2.45. The molecular formula is C12H18O2. The Bertz CT molecular complexity index is 313. The number of rotatable bonds is 0. The summed E-state index contributed by atoms with van der Waals surface area (Å²) < 4.78 is 0. The van der Waals surface area contributed by atoms with Gasteiger partial charge >= 0.3 is 0 Å². The zero-order chi connectivity index (χ0) is 10.9. The van der Waals surface area contributed by atoms with Crippen molar-refractivity contribution in [3.63, 3.8) is 0 Å². The van der Waals surface area contributed by atoms with Gasteiger partial charge in [0.15, 0.2) is 0 Å². The van der Waals surface area contributed by atoms with Gasteiger partial charge in [0.2, 0.25) is 0 Å². The molecule has 0 heterocycles. The summed E-state index contributed by atoms with van der Waals surface area (Å²) in [5, 5.41) is 19.3. The van der Waals surface area contributed by atoms with E-state index in [1.165, 1.54) is 0 Å². The molecule has 2 N–H and O–H groups in total. The molecular weight excluding hydrogens is 176 g/mol. The third-order valence-corrected chi connectivity index (χ3v) is 2.45. The first-order valence-electron chi connectivity index (χ1n) is 4.84. The maximum Gasteiger partial charge on any atom is 0.109 e. The molecule has 0 amide bonds. The number of aliphatic hydroxyl groups is 2. The SMILES string of the molecule is CC(C)=C1C=C[C@@H](O)[C@H](O)C1=C(C)C. The summed E-state index contributed by atoms with van der Waals surface area (Å²) in [6, 6.07) is 0. The minimum atomic E-state index is -0.783. The predicted molar refractivity (Wildman–Crippen MR) is 57.9 cm³/mol. The van der Waals surface area contributed by atoms with Crippen molar-refractivity contribution < 1.29 is 10.2 Å². The summed E-state index contributed by atoms with van der Waals surface area (Å²) in [6.07, 6.45) is 1.96. The fourth-order valence-corrected chi connectivity index (χ4v) is 1.72. The van der Waals surface area contributed by atoms with E-state index >= 15 is 0 Å². The molecule has 1 aliphatic carbocycles. The molecule has 2 nitrogen and oxygen atoms in total. The highest BCUT2D eigenvalue weighted by Crippen LogP contribution is 2.29. The Morgan fingerprint density at radius 2 is 1.64 bits per heavy atom. The monoisotopic (exact) mass is 194 g/mol. The molecule has 0 bridgehead atoms. The topological polar surface area (TPSA) is 40.5 Å². The largest absolute Gasteiger partial charge is 0.386 e. The van der Waals surface area contributed by atoms with Gasteiger partial charge in [-0.1, -0.05) is 23.3 Å². The molecule has 0 unspecified atom stereocenters. The van der Waals surface area contributed by atoms with Crippen LogP contribution in [0.25, 0.3) is 0 Å². The molecule has 0 fully saturated rings. The maximum atomic E-state index is 9.83. The Morgan fingerprint density at radius 1 is 1.07 bits per heavy atom. The first kappa shape index (κ1) is 11.2. The van der Waals surface area contributed by atoms with Gasteiger partial charge in [-0.3, -0.25) is 0 Å². The lowest BCUT2D eigenvalue weighted by Gasteiger charge is -2.26. The number of hydrogen-bond donors (Lipinski definition) is 2. The van der Waals surface area contributed by atoms with Crippen molar-refractivity contribution in [3.05, 3.63) is 34.4 Å². The Balaban J connectivity index is 3.30. The molecule has 0 aromatic carbocycles. The second-order valence-corrected chi connectivity index (χ2v) is 4.12. The normalized spacial score (nSPS) is 26.7. The van der Waals surface area contributed by atoms with Crippen LogP contribution in [0.3, 0.4) is 0 Å². The van der Waals surface area contributed by atoms with Crippen molar-refractivity contribution in [2.24, 2.45) is 0 Å². The zero-order valence-corrected chi connectivity index (χ0v) is 9.20. The quantitative estimate of drug-likeness (QED) is 0.618. The Labute approximate surface area is 85.3 Å². The van der Waals surface area contributed by atoms with E-state index in [9.17, 15) is 10.2 Å². The van der Waals surface area contributed by atoms with Gasteiger partial charge in [0.25, 0.3) is 0 Å². The van der Waals surface area contributed by atoms with Crippen LogP contribution in [-0.2, 0) is 0 Å².